The molecule has 1 aromatic carbocycles. The van der Waals surface area contributed by atoms with E-state index in [-0.39, 0.29) is 30.5 Å². The molecule has 0 unspecified atom stereocenters. The summed E-state index contributed by atoms with van der Waals surface area (Å²) in [5.74, 6) is 1.37. The van der Waals surface area contributed by atoms with Crippen LogP contribution in [0.3, 0.4) is 0 Å². The molecule has 1 aliphatic heterocycles. The van der Waals surface area contributed by atoms with Gasteiger partial charge in [0.1, 0.15) is 5.75 Å². The molecule has 8 heteroatoms. The molecule has 0 atom stereocenters. The predicted octanol–water partition coefficient (Wildman–Crippen LogP) is 3.29. The van der Waals surface area contributed by atoms with Crippen LogP contribution in [0.25, 0.3) is 0 Å². The normalized spacial score (nSPS) is 13.8. The number of hydrogen-bond acceptors (Lipinski definition) is 2. The Labute approximate surface area is 157 Å². The van der Waals surface area contributed by atoms with Gasteiger partial charge in [-0.25, -0.2) is 0 Å². The van der Waals surface area contributed by atoms with Gasteiger partial charge in [-0.05, 0) is 30.5 Å². The van der Waals surface area contributed by atoms with Gasteiger partial charge in [-0.2, -0.15) is 13.2 Å². The number of aliphatic imine (C=N–C) groups is 1. The first-order valence-electron chi connectivity index (χ1n) is 7.81. The highest BCUT2D eigenvalue weighted by molar-refractivity contribution is 14.0. The highest BCUT2D eigenvalue weighted by Crippen LogP contribution is 2.25. The average Bonchev–Trinajstić information content (AvgIpc) is 2.93. The van der Waals surface area contributed by atoms with Crippen LogP contribution in [0.15, 0.2) is 23.2 Å². The Morgan fingerprint density at radius 2 is 2.08 bits per heavy atom. The van der Waals surface area contributed by atoms with Gasteiger partial charge >= 0.3 is 6.18 Å². The Balaban J connectivity index is 0.00000288. The zero-order chi connectivity index (χ0) is 16.7. The van der Waals surface area contributed by atoms with Crippen LogP contribution in [0, 0.1) is 0 Å². The largest absolute Gasteiger partial charge is 0.493 e. The van der Waals surface area contributed by atoms with E-state index >= 15 is 0 Å². The summed E-state index contributed by atoms with van der Waals surface area (Å²) >= 11 is 0. The number of halogens is 4. The van der Waals surface area contributed by atoms with Crippen LogP contribution in [0.5, 0.6) is 5.75 Å². The number of benzene rings is 1. The lowest BCUT2D eigenvalue weighted by atomic mass is 10.1. The van der Waals surface area contributed by atoms with Crippen LogP contribution in [-0.2, 0) is 12.8 Å². The third-order valence-electron chi connectivity index (χ3n) is 3.47. The minimum atomic E-state index is -4.17. The first kappa shape index (κ1) is 20.9. The second-order valence-electron chi connectivity index (χ2n) is 5.34. The third-order valence-corrected chi connectivity index (χ3v) is 3.47. The quantitative estimate of drug-likeness (QED) is 0.392. The second-order valence-corrected chi connectivity index (χ2v) is 5.34. The summed E-state index contributed by atoms with van der Waals surface area (Å²) < 4.78 is 41.9. The Hall–Kier alpha value is -1.19. The van der Waals surface area contributed by atoms with E-state index < -0.39 is 12.6 Å². The van der Waals surface area contributed by atoms with Gasteiger partial charge in [0.2, 0.25) is 0 Å². The van der Waals surface area contributed by atoms with Crippen LogP contribution in [0.1, 0.15) is 24.5 Å². The highest BCUT2D eigenvalue weighted by atomic mass is 127. The molecular weight excluding hydrogens is 434 g/mol. The van der Waals surface area contributed by atoms with Gasteiger partial charge in [-0.15, -0.1) is 24.0 Å². The second kappa shape index (κ2) is 9.95. The van der Waals surface area contributed by atoms with Gasteiger partial charge < -0.3 is 15.4 Å². The molecule has 136 valence electrons. The van der Waals surface area contributed by atoms with Crippen molar-refractivity contribution in [2.24, 2.45) is 4.99 Å². The summed E-state index contributed by atoms with van der Waals surface area (Å²) in [7, 11) is 0. The van der Waals surface area contributed by atoms with Crippen molar-refractivity contribution in [1.82, 2.24) is 10.6 Å². The van der Waals surface area contributed by atoms with E-state index in [1.807, 2.05) is 19.1 Å². The molecule has 0 saturated carbocycles. The molecule has 0 spiro atoms. The molecule has 1 heterocycles. The fraction of sp³-hybridized carbons (Fsp3) is 0.562. The molecule has 0 aliphatic carbocycles. The number of hydrogen-bond donors (Lipinski definition) is 2. The van der Waals surface area contributed by atoms with E-state index in [0.717, 1.165) is 25.2 Å². The number of nitrogens with zero attached hydrogens (tertiary/aromatic N) is 1. The molecule has 0 radical (unpaired) electrons. The lowest BCUT2D eigenvalue weighted by molar-refractivity contribution is -0.132. The van der Waals surface area contributed by atoms with Crippen LogP contribution < -0.4 is 15.4 Å². The van der Waals surface area contributed by atoms with Crippen LogP contribution in [0.4, 0.5) is 13.2 Å². The van der Waals surface area contributed by atoms with E-state index in [1.165, 1.54) is 11.1 Å². The average molecular weight is 457 g/mol. The molecule has 24 heavy (non-hydrogen) atoms. The summed E-state index contributed by atoms with van der Waals surface area (Å²) in [5.41, 5.74) is 2.39. The minimum Gasteiger partial charge on any atom is -0.493 e. The maximum Gasteiger partial charge on any atom is 0.390 e. The first-order valence-corrected chi connectivity index (χ1v) is 7.81. The molecule has 4 nitrogen and oxygen atoms in total. The lowest BCUT2D eigenvalue weighted by Crippen LogP contribution is -2.38. The molecule has 1 aromatic rings. The molecule has 2 rings (SSSR count). The Morgan fingerprint density at radius 3 is 2.79 bits per heavy atom. The lowest BCUT2D eigenvalue weighted by Gasteiger charge is -2.12. The Morgan fingerprint density at radius 1 is 1.29 bits per heavy atom. The topological polar surface area (TPSA) is 45.7 Å². The first-order chi connectivity index (χ1) is 11.0. The highest BCUT2D eigenvalue weighted by Gasteiger charge is 2.26. The fourth-order valence-electron chi connectivity index (χ4n) is 2.36. The van der Waals surface area contributed by atoms with Crippen molar-refractivity contribution >= 4 is 29.9 Å². The number of rotatable bonds is 6. The molecular formula is C16H23F3IN3O. The van der Waals surface area contributed by atoms with Gasteiger partial charge in [0.25, 0.3) is 0 Å². The van der Waals surface area contributed by atoms with Gasteiger partial charge in [0.15, 0.2) is 5.96 Å². The molecule has 0 fully saturated rings. The van der Waals surface area contributed by atoms with E-state index in [1.54, 1.807) is 0 Å². The molecule has 1 aliphatic rings. The zero-order valence-corrected chi connectivity index (χ0v) is 15.9. The smallest absolute Gasteiger partial charge is 0.390 e. The van der Waals surface area contributed by atoms with E-state index in [2.05, 4.69) is 21.7 Å². The predicted molar refractivity (Wildman–Crippen MR) is 99.4 cm³/mol. The molecule has 0 bridgehead atoms. The number of fused-ring (bicyclic) bond motifs is 1. The summed E-state index contributed by atoms with van der Waals surface area (Å²) in [5, 5.41) is 6.01. The maximum atomic E-state index is 12.2. The van der Waals surface area contributed by atoms with Crippen LogP contribution in [0.2, 0.25) is 0 Å². The standard InChI is InChI=1S/C16H22F3N3O.HI/c1-2-20-15(22-9-7-16(17,18)19)21-8-5-12-3-4-14-13(11-12)6-10-23-14;/h3-4,11H,2,5-10H2,1H3,(H2,20,21,22);1H. The van der Waals surface area contributed by atoms with Crippen molar-refractivity contribution in [2.45, 2.75) is 32.4 Å². The molecule has 0 aromatic heterocycles. The van der Waals surface area contributed by atoms with Crippen molar-refractivity contribution in [2.75, 3.05) is 26.2 Å². The van der Waals surface area contributed by atoms with Crippen LogP contribution in [-0.4, -0.2) is 38.4 Å². The molecule has 0 saturated heterocycles. The molecule has 2 N–H and O–H groups in total. The summed E-state index contributed by atoms with van der Waals surface area (Å²) in [6.07, 6.45) is -3.38. The van der Waals surface area contributed by atoms with Gasteiger partial charge in [-0.1, -0.05) is 12.1 Å². The maximum absolute atomic E-state index is 12.2. The van der Waals surface area contributed by atoms with E-state index in [4.69, 9.17) is 4.74 Å². The van der Waals surface area contributed by atoms with Gasteiger partial charge in [0, 0.05) is 19.5 Å². The van der Waals surface area contributed by atoms with Crippen molar-refractivity contribution in [3.8, 4) is 5.75 Å². The van der Waals surface area contributed by atoms with Crippen LogP contribution >= 0.6 is 24.0 Å². The number of guanidine groups is 1. The summed E-state index contributed by atoms with van der Waals surface area (Å²) in [4.78, 5) is 3.94. The number of nitrogens with one attached hydrogen (secondary N) is 2. The van der Waals surface area contributed by atoms with Crippen molar-refractivity contribution in [1.29, 1.82) is 0 Å². The number of ether oxygens (including phenoxy) is 1. The van der Waals surface area contributed by atoms with Gasteiger partial charge in [0.05, 0.1) is 19.6 Å². The van der Waals surface area contributed by atoms with E-state index in [0.29, 0.717) is 19.0 Å². The molecule has 0 amide bonds. The third kappa shape index (κ3) is 7.14. The fourth-order valence-corrected chi connectivity index (χ4v) is 2.36. The van der Waals surface area contributed by atoms with E-state index in [9.17, 15) is 13.2 Å². The monoisotopic (exact) mass is 457 g/mol. The van der Waals surface area contributed by atoms with Crippen molar-refractivity contribution in [3.63, 3.8) is 0 Å². The van der Waals surface area contributed by atoms with Gasteiger partial charge in [-0.3, -0.25) is 4.99 Å². The number of alkyl halides is 3. The summed E-state index contributed by atoms with van der Waals surface area (Å²) in [6, 6.07) is 6.11. The SMILES string of the molecule is CCNC(=NCCC(F)(F)F)NCCc1ccc2c(c1)CCO2.I. The summed E-state index contributed by atoms with van der Waals surface area (Å²) in [6.45, 7) is 3.55. The Kier molecular flexibility index (Phi) is 8.65. The Bertz CT molecular complexity index is 550. The van der Waals surface area contributed by atoms with Crippen molar-refractivity contribution < 1.29 is 17.9 Å². The van der Waals surface area contributed by atoms with Crippen molar-refractivity contribution in [3.05, 3.63) is 29.3 Å². The zero-order valence-electron chi connectivity index (χ0n) is 13.6. The minimum absolute atomic E-state index is 0.